The Morgan fingerprint density at radius 2 is 1.75 bits per heavy atom. The summed E-state index contributed by atoms with van der Waals surface area (Å²) in [7, 11) is 0. The predicted molar refractivity (Wildman–Crippen MR) is 160 cm³/mol. The first kappa shape index (κ1) is 27.3. The Morgan fingerprint density at radius 3 is 2.52 bits per heavy atom. The van der Waals surface area contributed by atoms with Crippen molar-refractivity contribution in [2.45, 2.75) is 32.6 Å². The van der Waals surface area contributed by atoms with Crippen LogP contribution in [0.4, 0.5) is 17.3 Å². The molecule has 5 rings (SSSR count). The lowest BCUT2D eigenvalue weighted by Gasteiger charge is -2.21. The first-order chi connectivity index (χ1) is 19.4. The van der Waals surface area contributed by atoms with Gasteiger partial charge in [0, 0.05) is 53.7 Å². The predicted octanol–water partition coefficient (Wildman–Crippen LogP) is 6.98. The highest BCUT2D eigenvalue weighted by Crippen LogP contribution is 2.26. The van der Waals surface area contributed by atoms with Crippen LogP contribution in [0.1, 0.15) is 42.1 Å². The second-order valence-corrected chi connectivity index (χ2v) is 10.6. The highest BCUT2D eigenvalue weighted by molar-refractivity contribution is 6.30. The Kier molecular flexibility index (Phi) is 8.71. The third-order valence-corrected chi connectivity index (χ3v) is 7.34. The number of anilines is 3. The number of amides is 2. The fraction of sp³-hybridized carbons (Fsp3) is 0.250. The summed E-state index contributed by atoms with van der Waals surface area (Å²) in [6.07, 6.45) is 5.75. The molecule has 1 saturated heterocycles. The van der Waals surface area contributed by atoms with E-state index in [-0.39, 0.29) is 11.8 Å². The highest BCUT2D eigenvalue weighted by atomic mass is 35.5. The van der Waals surface area contributed by atoms with Crippen LogP contribution in [-0.4, -0.2) is 39.8 Å². The summed E-state index contributed by atoms with van der Waals surface area (Å²) < 4.78 is 0. The van der Waals surface area contributed by atoms with Crippen molar-refractivity contribution in [1.29, 1.82) is 0 Å². The number of likely N-dealkylation sites (tertiary alicyclic amines) is 1. The molecule has 7 nitrogen and oxygen atoms in total. The van der Waals surface area contributed by atoms with Gasteiger partial charge in [0.25, 0.3) is 5.91 Å². The molecule has 1 atom stereocenters. The summed E-state index contributed by atoms with van der Waals surface area (Å²) in [6, 6.07) is 24.9. The number of halogens is 1. The van der Waals surface area contributed by atoms with Crippen molar-refractivity contribution in [3.05, 3.63) is 101 Å². The average Bonchev–Trinajstić information content (AvgIpc) is 3.19. The molecule has 2 N–H and O–H groups in total. The molecule has 1 aliphatic rings. The van der Waals surface area contributed by atoms with Crippen LogP contribution >= 0.6 is 11.6 Å². The number of hydrogen-bond donors (Lipinski definition) is 2. The first-order valence-electron chi connectivity index (χ1n) is 13.5. The molecule has 0 aliphatic carbocycles. The quantitative estimate of drug-likeness (QED) is 0.258. The lowest BCUT2D eigenvalue weighted by molar-refractivity contribution is -0.114. The fourth-order valence-electron chi connectivity index (χ4n) is 5.09. The molecule has 0 radical (unpaired) electrons. The molecule has 0 spiro atoms. The molecular formula is C32H32ClN5O2. The van der Waals surface area contributed by atoms with Crippen LogP contribution in [0, 0.1) is 5.92 Å². The van der Waals surface area contributed by atoms with Crippen molar-refractivity contribution in [1.82, 2.24) is 14.9 Å². The number of nitrogens with zero attached hydrogens (tertiary/aromatic N) is 3. The molecule has 2 heterocycles. The Bertz CT molecular complexity index is 1470. The summed E-state index contributed by atoms with van der Waals surface area (Å²) in [5.74, 6) is 1.01. The number of carbonyl (C=O) groups is 2. The summed E-state index contributed by atoms with van der Waals surface area (Å²) in [4.78, 5) is 35.3. The SMILES string of the molecule is CC(=O)Nc1ccc(-c2ccnc(Nc3cccc(CC4CCCN(C(=O)c5ccc(Cl)cc5)CC4)c3)n2)cc1. The van der Waals surface area contributed by atoms with E-state index in [2.05, 4.69) is 38.8 Å². The minimum absolute atomic E-state index is 0.0782. The molecule has 1 unspecified atom stereocenters. The summed E-state index contributed by atoms with van der Waals surface area (Å²) in [5, 5.41) is 6.76. The minimum Gasteiger partial charge on any atom is -0.339 e. The lowest BCUT2D eigenvalue weighted by atomic mass is 9.92. The number of benzene rings is 3. The highest BCUT2D eigenvalue weighted by Gasteiger charge is 2.22. The zero-order valence-corrected chi connectivity index (χ0v) is 23.2. The van der Waals surface area contributed by atoms with Crippen LogP contribution in [0.15, 0.2) is 85.1 Å². The molecule has 1 aromatic heterocycles. The summed E-state index contributed by atoms with van der Waals surface area (Å²) in [5.41, 5.74) is 5.34. The van der Waals surface area contributed by atoms with Gasteiger partial charge < -0.3 is 15.5 Å². The van der Waals surface area contributed by atoms with E-state index < -0.39 is 0 Å². The van der Waals surface area contributed by atoms with Gasteiger partial charge in [-0.3, -0.25) is 9.59 Å². The van der Waals surface area contributed by atoms with E-state index in [9.17, 15) is 9.59 Å². The maximum Gasteiger partial charge on any atom is 0.253 e. The summed E-state index contributed by atoms with van der Waals surface area (Å²) >= 11 is 5.98. The third-order valence-electron chi connectivity index (χ3n) is 7.09. The van der Waals surface area contributed by atoms with E-state index in [0.717, 1.165) is 61.4 Å². The van der Waals surface area contributed by atoms with Gasteiger partial charge in [-0.05, 0) is 91.8 Å². The van der Waals surface area contributed by atoms with Crippen LogP contribution in [-0.2, 0) is 11.2 Å². The molecule has 1 fully saturated rings. The van der Waals surface area contributed by atoms with E-state index in [4.69, 9.17) is 11.6 Å². The number of carbonyl (C=O) groups excluding carboxylic acids is 2. The third kappa shape index (κ3) is 7.24. The Balaban J connectivity index is 1.19. The van der Waals surface area contributed by atoms with Gasteiger partial charge in [-0.15, -0.1) is 0 Å². The number of rotatable bonds is 7. The van der Waals surface area contributed by atoms with Gasteiger partial charge in [-0.1, -0.05) is 35.9 Å². The topological polar surface area (TPSA) is 87.2 Å². The molecule has 40 heavy (non-hydrogen) atoms. The smallest absolute Gasteiger partial charge is 0.253 e. The number of nitrogens with one attached hydrogen (secondary N) is 2. The lowest BCUT2D eigenvalue weighted by Crippen LogP contribution is -2.32. The van der Waals surface area contributed by atoms with E-state index in [1.165, 1.54) is 12.5 Å². The van der Waals surface area contributed by atoms with Gasteiger partial charge in [-0.2, -0.15) is 0 Å². The average molecular weight is 554 g/mol. The largest absolute Gasteiger partial charge is 0.339 e. The summed E-state index contributed by atoms with van der Waals surface area (Å²) in [6.45, 7) is 3.03. The maximum atomic E-state index is 13.0. The van der Waals surface area contributed by atoms with Crippen LogP contribution in [0.2, 0.25) is 5.02 Å². The van der Waals surface area contributed by atoms with E-state index in [1.54, 1.807) is 30.5 Å². The molecule has 8 heteroatoms. The van der Waals surface area contributed by atoms with Gasteiger partial charge in [0.1, 0.15) is 0 Å². The maximum absolute atomic E-state index is 13.0. The molecule has 204 valence electrons. The van der Waals surface area contributed by atoms with Gasteiger partial charge >= 0.3 is 0 Å². The van der Waals surface area contributed by atoms with Gasteiger partial charge in [-0.25, -0.2) is 9.97 Å². The van der Waals surface area contributed by atoms with Gasteiger partial charge in [0.2, 0.25) is 11.9 Å². The molecule has 2 amide bonds. The van der Waals surface area contributed by atoms with Gasteiger partial charge in [0.15, 0.2) is 0 Å². The zero-order valence-electron chi connectivity index (χ0n) is 22.4. The molecule has 3 aromatic carbocycles. The van der Waals surface area contributed by atoms with Crippen LogP contribution in [0.5, 0.6) is 0 Å². The fourth-order valence-corrected chi connectivity index (χ4v) is 5.22. The molecule has 0 saturated carbocycles. The van der Waals surface area contributed by atoms with Crippen molar-refractivity contribution >= 4 is 40.7 Å². The van der Waals surface area contributed by atoms with Crippen molar-refractivity contribution in [2.75, 3.05) is 23.7 Å². The van der Waals surface area contributed by atoms with Crippen molar-refractivity contribution in [3.8, 4) is 11.3 Å². The van der Waals surface area contributed by atoms with Crippen molar-refractivity contribution in [2.24, 2.45) is 5.92 Å². The monoisotopic (exact) mass is 553 g/mol. The Hall–Kier alpha value is -4.23. The second kappa shape index (κ2) is 12.7. The molecule has 4 aromatic rings. The Labute approximate surface area is 239 Å². The van der Waals surface area contributed by atoms with Gasteiger partial charge in [0.05, 0.1) is 5.69 Å². The van der Waals surface area contributed by atoms with Crippen molar-refractivity contribution in [3.63, 3.8) is 0 Å². The zero-order chi connectivity index (χ0) is 27.9. The molecule has 1 aliphatic heterocycles. The van der Waals surface area contributed by atoms with E-state index >= 15 is 0 Å². The van der Waals surface area contributed by atoms with Crippen LogP contribution in [0.25, 0.3) is 11.3 Å². The molecule has 0 bridgehead atoms. The van der Waals surface area contributed by atoms with E-state index in [1.807, 2.05) is 41.3 Å². The van der Waals surface area contributed by atoms with Crippen LogP contribution in [0.3, 0.4) is 0 Å². The minimum atomic E-state index is -0.103. The van der Waals surface area contributed by atoms with E-state index in [0.29, 0.717) is 22.5 Å². The standard InChI is InChI=1S/C32H32ClN5O2/c1-22(39)35-28-13-9-25(10-14-28)30-15-17-34-32(37-30)36-29-6-2-4-24(21-29)20-23-5-3-18-38(19-16-23)31(40)26-7-11-27(33)12-8-26/h2,4,6-15,17,21,23H,3,5,16,18-20H2,1H3,(H,35,39)(H,34,36,37). The first-order valence-corrected chi connectivity index (χ1v) is 13.9. The number of aromatic nitrogens is 2. The van der Waals surface area contributed by atoms with Crippen LogP contribution < -0.4 is 10.6 Å². The van der Waals surface area contributed by atoms with Crippen molar-refractivity contribution < 1.29 is 9.59 Å². The number of hydrogen-bond acceptors (Lipinski definition) is 5. The second-order valence-electron chi connectivity index (χ2n) is 10.1. The molecular weight excluding hydrogens is 522 g/mol. The Morgan fingerprint density at radius 1 is 0.950 bits per heavy atom. The normalized spacial score (nSPS) is 15.2.